The van der Waals surface area contributed by atoms with Gasteiger partial charge in [0.2, 0.25) is 0 Å². The van der Waals surface area contributed by atoms with Crippen molar-refractivity contribution in [3.8, 4) is 5.75 Å². The van der Waals surface area contributed by atoms with Crippen LogP contribution in [0.2, 0.25) is 0 Å². The van der Waals surface area contributed by atoms with Crippen LogP contribution in [0, 0.1) is 6.92 Å². The number of imide groups is 2. The molecule has 0 bridgehead atoms. The summed E-state index contributed by atoms with van der Waals surface area (Å²) in [4.78, 5) is 49.0. The van der Waals surface area contributed by atoms with Crippen molar-refractivity contribution in [2.75, 3.05) is 4.90 Å². The zero-order valence-electron chi connectivity index (χ0n) is 15.7. The Hall–Kier alpha value is -3.94. The van der Waals surface area contributed by atoms with Crippen LogP contribution in [0.3, 0.4) is 0 Å². The molecule has 4 amide bonds. The van der Waals surface area contributed by atoms with E-state index in [4.69, 9.17) is 9.84 Å². The predicted octanol–water partition coefficient (Wildman–Crippen LogP) is 2.51. The Labute approximate surface area is 166 Å². The highest BCUT2D eigenvalue weighted by atomic mass is 16.5. The zero-order valence-corrected chi connectivity index (χ0v) is 15.7. The Morgan fingerprint density at radius 1 is 1.14 bits per heavy atom. The summed E-state index contributed by atoms with van der Waals surface area (Å²) in [6, 6.07) is 12.2. The van der Waals surface area contributed by atoms with Crippen LogP contribution < -0.4 is 15.0 Å². The minimum absolute atomic E-state index is 0.196. The number of ether oxygens (including phenoxy) is 1. The highest BCUT2D eigenvalue weighted by Crippen LogP contribution is 2.23. The number of rotatable bonds is 5. The van der Waals surface area contributed by atoms with Crippen molar-refractivity contribution in [3.63, 3.8) is 0 Å². The number of hydrogen-bond acceptors (Lipinski definition) is 5. The van der Waals surface area contributed by atoms with Crippen LogP contribution in [-0.4, -0.2) is 35.0 Å². The third kappa shape index (κ3) is 4.32. The summed E-state index contributed by atoms with van der Waals surface area (Å²) in [5.41, 5.74) is 1.53. The highest BCUT2D eigenvalue weighted by molar-refractivity contribution is 6.39. The normalized spacial score (nSPS) is 16.6. The lowest BCUT2D eigenvalue weighted by Crippen LogP contribution is -2.54. The maximum Gasteiger partial charge on any atom is 0.344 e. The van der Waals surface area contributed by atoms with Crippen LogP contribution in [0.25, 0.3) is 6.08 Å². The molecule has 148 valence electrons. The molecular formula is C21H18N2O6. The van der Waals surface area contributed by atoms with Gasteiger partial charge in [0.25, 0.3) is 11.8 Å². The van der Waals surface area contributed by atoms with Gasteiger partial charge in [0.1, 0.15) is 11.3 Å². The van der Waals surface area contributed by atoms with Gasteiger partial charge in [-0.25, -0.2) is 14.5 Å². The van der Waals surface area contributed by atoms with E-state index in [9.17, 15) is 19.2 Å². The molecule has 2 aromatic carbocycles. The van der Waals surface area contributed by atoms with Gasteiger partial charge >= 0.3 is 12.0 Å². The van der Waals surface area contributed by atoms with Crippen molar-refractivity contribution in [3.05, 3.63) is 65.2 Å². The van der Waals surface area contributed by atoms with Crippen molar-refractivity contribution in [2.45, 2.75) is 20.0 Å². The van der Waals surface area contributed by atoms with Gasteiger partial charge in [-0.05, 0) is 55.3 Å². The van der Waals surface area contributed by atoms with Crippen LogP contribution in [0.1, 0.15) is 18.1 Å². The molecule has 1 heterocycles. The molecule has 0 radical (unpaired) electrons. The molecule has 8 nitrogen and oxygen atoms in total. The van der Waals surface area contributed by atoms with Gasteiger partial charge in [-0.15, -0.1) is 0 Å². The number of carboxylic acid groups (broad SMARTS) is 1. The van der Waals surface area contributed by atoms with Gasteiger partial charge in [0, 0.05) is 0 Å². The number of nitrogens with zero attached hydrogens (tertiary/aromatic N) is 1. The Balaban J connectivity index is 1.87. The van der Waals surface area contributed by atoms with E-state index in [2.05, 4.69) is 5.32 Å². The first-order chi connectivity index (χ1) is 13.8. The van der Waals surface area contributed by atoms with E-state index in [1.54, 1.807) is 30.3 Å². The Bertz CT molecular complexity index is 1030. The quantitative estimate of drug-likeness (QED) is 0.595. The number of anilines is 1. The molecule has 2 aromatic rings. The number of nitrogens with one attached hydrogen (secondary N) is 1. The van der Waals surface area contributed by atoms with Gasteiger partial charge in [-0.1, -0.05) is 24.3 Å². The summed E-state index contributed by atoms with van der Waals surface area (Å²) in [5.74, 6) is -2.28. The first-order valence-corrected chi connectivity index (χ1v) is 8.74. The van der Waals surface area contributed by atoms with Gasteiger partial charge in [-0.2, -0.15) is 0 Å². The number of urea groups is 1. The van der Waals surface area contributed by atoms with Crippen molar-refractivity contribution in [1.82, 2.24) is 5.32 Å². The molecule has 1 aliphatic rings. The standard InChI is InChI=1S/C21H18N2O6/c1-12-4-3-5-15(10-12)23-19(25)17(18(24)22-21(23)28)11-14-6-8-16(9-7-14)29-13(2)20(26)27/h3-11,13H,1-2H3,(H,26,27)(H,22,24,28)/b17-11+/t13-/m0/s1. The Morgan fingerprint density at radius 2 is 1.83 bits per heavy atom. The van der Waals surface area contributed by atoms with E-state index in [1.807, 2.05) is 13.0 Å². The molecular weight excluding hydrogens is 376 g/mol. The molecule has 2 N–H and O–H groups in total. The van der Waals surface area contributed by atoms with Crippen molar-refractivity contribution < 1.29 is 29.0 Å². The molecule has 0 aliphatic carbocycles. The summed E-state index contributed by atoms with van der Waals surface area (Å²) >= 11 is 0. The molecule has 3 rings (SSSR count). The largest absolute Gasteiger partial charge is 0.479 e. The first kappa shape index (κ1) is 19.8. The maximum atomic E-state index is 12.8. The van der Waals surface area contributed by atoms with Crippen LogP contribution in [0.5, 0.6) is 5.75 Å². The molecule has 1 saturated heterocycles. The Morgan fingerprint density at radius 3 is 2.45 bits per heavy atom. The number of barbiturate groups is 1. The molecule has 29 heavy (non-hydrogen) atoms. The minimum Gasteiger partial charge on any atom is -0.479 e. The van der Waals surface area contributed by atoms with Crippen LogP contribution >= 0.6 is 0 Å². The number of hydrogen-bond donors (Lipinski definition) is 2. The molecule has 1 fully saturated rings. The lowest BCUT2D eigenvalue weighted by molar-refractivity contribution is -0.144. The lowest BCUT2D eigenvalue weighted by Gasteiger charge is -2.26. The molecule has 0 spiro atoms. The van der Waals surface area contributed by atoms with Crippen molar-refractivity contribution >= 4 is 35.6 Å². The molecule has 1 atom stereocenters. The average molecular weight is 394 g/mol. The highest BCUT2D eigenvalue weighted by Gasteiger charge is 2.36. The fourth-order valence-corrected chi connectivity index (χ4v) is 2.72. The van der Waals surface area contributed by atoms with Gasteiger partial charge in [-0.3, -0.25) is 14.9 Å². The number of amides is 4. The van der Waals surface area contributed by atoms with E-state index in [-0.39, 0.29) is 5.57 Å². The second kappa shape index (κ2) is 7.97. The minimum atomic E-state index is -1.10. The number of carbonyl (C=O) groups is 4. The number of carbonyl (C=O) groups excluding carboxylic acids is 3. The number of benzene rings is 2. The van der Waals surface area contributed by atoms with E-state index in [1.165, 1.54) is 25.1 Å². The van der Waals surface area contributed by atoms with E-state index in [0.29, 0.717) is 17.0 Å². The van der Waals surface area contributed by atoms with Crippen LogP contribution in [0.4, 0.5) is 10.5 Å². The smallest absolute Gasteiger partial charge is 0.344 e. The third-order valence-corrected chi connectivity index (χ3v) is 4.21. The van der Waals surface area contributed by atoms with Gasteiger partial charge in [0.05, 0.1) is 5.69 Å². The monoisotopic (exact) mass is 394 g/mol. The van der Waals surface area contributed by atoms with Crippen molar-refractivity contribution in [1.29, 1.82) is 0 Å². The molecule has 1 aliphatic heterocycles. The topological polar surface area (TPSA) is 113 Å². The zero-order chi connectivity index (χ0) is 21.1. The average Bonchev–Trinajstić information content (AvgIpc) is 2.66. The van der Waals surface area contributed by atoms with Crippen molar-refractivity contribution in [2.24, 2.45) is 0 Å². The van der Waals surface area contributed by atoms with E-state index < -0.39 is 29.9 Å². The summed E-state index contributed by atoms with van der Waals surface area (Å²) in [7, 11) is 0. The maximum absolute atomic E-state index is 12.8. The fourth-order valence-electron chi connectivity index (χ4n) is 2.72. The summed E-state index contributed by atoms with van der Waals surface area (Å²) in [5, 5.41) is 11.0. The third-order valence-electron chi connectivity index (χ3n) is 4.21. The molecule has 0 aromatic heterocycles. The Kier molecular flexibility index (Phi) is 5.45. The second-order valence-corrected chi connectivity index (χ2v) is 6.46. The molecule has 0 saturated carbocycles. The number of aryl methyl sites for hydroxylation is 1. The molecule has 0 unspecified atom stereocenters. The number of aliphatic carboxylic acids is 1. The van der Waals surface area contributed by atoms with Gasteiger partial charge in [0.15, 0.2) is 6.10 Å². The molecule has 8 heteroatoms. The summed E-state index contributed by atoms with van der Waals surface area (Å²) in [6.07, 6.45) is 0.343. The predicted molar refractivity (Wildman–Crippen MR) is 104 cm³/mol. The second-order valence-electron chi connectivity index (χ2n) is 6.46. The number of carboxylic acids is 1. The summed E-state index contributed by atoms with van der Waals surface area (Å²) < 4.78 is 5.24. The summed E-state index contributed by atoms with van der Waals surface area (Å²) in [6.45, 7) is 3.23. The first-order valence-electron chi connectivity index (χ1n) is 8.74. The van der Waals surface area contributed by atoms with E-state index in [0.717, 1.165) is 10.5 Å². The van der Waals surface area contributed by atoms with E-state index >= 15 is 0 Å². The fraction of sp³-hybridized carbons (Fsp3) is 0.143. The van der Waals surface area contributed by atoms with Gasteiger partial charge < -0.3 is 9.84 Å². The van der Waals surface area contributed by atoms with Crippen LogP contribution in [-0.2, 0) is 14.4 Å². The lowest BCUT2D eigenvalue weighted by atomic mass is 10.1. The SMILES string of the molecule is Cc1cccc(N2C(=O)NC(=O)/C(=C\c3ccc(O[C@@H](C)C(=O)O)cc3)C2=O)c1. The van der Waals surface area contributed by atoms with Crippen LogP contribution in [0.15, 0.2) is 54.1 Å².